The number of benzene rings is 1. The van der Waals surface area contributed by atoms with Gasteiger partial charge in [0.1, 0.15) is 12.4 Å². The first-order chi connectivity index (χ1) is 9.40. The van der Waals surface area contributed by atoms with E-state index in [9.17, 15) is 4.79 Å². The lowest BCUT2D eigenvalue weighted by molar-refractivity contribution is -0.149. The third kappa shape index (κ3) is 2.96. The van der Waals surface area contributed by atoms with Gasteiger partial charge in [0.2, 0.25) is 0 Å². The van der Waals surface area contributed by atoms with Crippen LogP contribution in [0.25, 0.3) is 0 Å². The van der Waals surface area contributed by atoms with E-state index in [1.165, 1.54) is 0 Å². The average molecular weight is 277 g/mol. The first-order valence-electron chi connectivity index (χ1n) is 7.03. The number of para-hydroxylation sites is 1. The lowest BCUT2D eigenvalue weighted by Gasteiger charge is -2.26. The summed E-state index contributed by atoms with van der Waals surface area (Å²) in [6.07, 6.45) is 0. The Hall–Kier alpha value is -1.55. The van der Waals surface area contributed by atoms with Crippen molar-refractivity contribution in [1.82, 2.24) is 4.90 Å². The van der Waals surface area contributed by atoms with E-state index in [1.54, 1.807) is 0 Å². The third-order valence-corrected chi connectivity index (χ3v) is 3.52. The van der Waals surface area contributed by atoms with E-state index in [4.69, 9.17) is 9.47 Å². The minimum Gasteiger partial charge on any atom is -0.491 e. The van der Waals surface area contributed by atoms with E-state index >= 15 is 0 Å². The van der Waals surface area contributed by atoms with Gasteiger partial charge < -0.3 is 9.47 Å². The molecule has 1 heterocycles. The van der Waals surface area contributed by atoms with E-state index in [2.05, 4.69) is 25.7 Å². The molecule has 0 spiro atoms. The van der Waals surface area contributed by atoms with E-state index in [-0.39, 0.29) is 11.5 Å². The zero-order valence-corrected chi connectivity index (χ0v) is 12.7. The molecule has 0 aromatic heterocycles. The highest BCUT2D eigenvalue weighted by Gasteiger charge is 2.64. The third-order valence-electron chi connectivity index (χ3n) is 3.52. The summed E-state index contributed by atoms with van der Waals surface area (Å²) in [4.78, 5) is 14.4. The summed E-state index contributed by atoms with van der Waals surface area (Å²) in [5, 5.41) is 0. The fourth-order valence-electron chi connectivity index (χ4n) is 2.45. The van der Waals surface area contributed by atoms with Crippen LogP contribution in [0.5, 0.6) is 5.75 Å². The maximum absolute atomic E-state index is 12.3. The topological polar surface area (TPSA) is 38.5 Å². The molecule has 0 amide bonds. The highest BCUT2D eigenvalue weighted by molar-refractivity contribution is 5.85. The van der Waals surface area contributed by atoms with Crippen LogP contribution >= 0.6 is 0 Å². The maximum atomic E-state index is 12.3. The molecule has 1 saturated heterocycles. The fraction of sp³-hybridized carbons (Fsp3) is 0.562. The van der Waals surface area contributed by atoms with E-state index in [0.717, 1.165) is 5.75 Å². The van der Waals surface area contributed by atoms with Gasteiger partial charge in [-0.15, -0.1) is 0 Å². The second-order valence-corrected chi connectivity index (χ2v) is 6.11. The Bertz CT molecular complexity index is 466. The van der Waals surface area contributed by atoms with Crippen LogP contribution in [0.2, 0.25) is 0 Å². The quantitative estimate of drug-likeness (QED) is 0.612. The highest BCUT2D eigenvalue weighted by Crippen LogP contribution is 2.41. The van der Waals surface area contributed by atoms with Gasteiger partial charge in [-0.3, -0.25) is 4.90 Å². The van der Waals surface area contributed by atoms with Crippen molar-refractivity contribution in [3.8, 4) is 5.75 Å². The highest BCUT2D eigenvalue weighted by atomic mass is 16.5. The first kappa shape index (κ1) is 14.9. The van der Waals surface area contributed by atoms with Crippen molar-refractivity contribution in [2.75, 3.05) is 19.8 Å². The van der Waals surface area contributed by atoms with Crippen molar-refractivity contribution >= 4 is 5.97 Å². The van der Waals surface area contributed by atoms with Crippen molar-refractivity contribution in [3.05, 3.63) is 30.3 Å². The van der Waals surface area contributed by atoms with Gasteiger partial charge in [-0.25, -0.2) is 4.79 Å². The van der Waals surface area contributed by atoms with Crippen LogP contribution in [0, 0.1) is 0 Å². The van der Waals surface area contributed by atoms with Gasteiger partial charge in [0, 0.05) is 12.1 Å². The second-order valence-electron chi connectivity index (χ2n) is 6.11. The Labute approximate surface area is 120 Å². The zero-order chi connectivity index (χ0) is 14.8. The molecule has 1 aromatic rings. The van der Waals surface area contributed by atoms with E-state index in [0.29, 0.717) is 19.8 Å². The molecule has 1 fully saturated rings. The summed E-state index contributed by atoms with van der Waals surface area (Å²) in [6.45, 7) is 9.51. The molecule has 2 rings (SSSR count). The number of nitrogens with zero attached hydrogens (tertiary/aromatic N) is 1. The minimum atomic E-state index is -0.635. The summed E-state index contributed by atoms with van der Waals surface area (Å²) < 4.78 is 11.0. The van der Waals surface area contributed by atoms with Crippen LogP contribution in [0.1, 0.15) is 27.7 Å². The maximum Gasteiger partial charge on any atom is 0.331 e. The van der Waals surface area contributed by atoms with Crippen molar-refractivity contribution < 1.29 is 14.3 Å². The molecule has 0 aliphatic carbocycles. The van der Waals surface area contributed by atoms with Crippen LogP contribution in [0.4, 0.5) is 0 Å². The number of carbonyl (C=O) groups is 1. The van der Waals surface area contributed by atoms with Gasteiger partial charge in [-0.1, -0.05) is 18.2 Å². The van der Waals surface area contributed by atoms with E-state index < -0.39 is 5.54 Å². The molecule has 110 valence electrons. The lowest BCUT2D eigenvalue weighted by atomic mass is 10.1. The normalized spacial score (nSPS) is 25.1. The SMILES string of the molecule is CCOC(=O)C1(COc2ccccc2)CN1C(C)(C)C. The summed E-state index contributed by atoms with van der Waals surface area (Å²) in [5.41, 5.74) is -0.711. The number of esters is 1. The van der Waals surface area contributed by atoms with Crippen molar-refractivity contribution in [2.24, 2.45) is 0 Å². The molecular weight excluding hydrogens is 254 g/mol. The Morgan fingerprint density at radius 1 is 1.30 bits per heavy atom. The number of rotatable bonds is 5. The van der Waals surface area contributed by atoms with Gasteiger partial charge in [0.25, 0.3) is 0 Å². The Morgan fingerprint density at radius 3 is 2.45 bits per heavy atom. The van der Waals surface area contributed by atoms with Crippen LogP contribution in [0.15, 0.2) is 30.3 Å². The lowest BCUT2D eigenvalue weighted by Crippen LogP contribution is -2.43. The predicted octanol–water partition coefficient (Wildman–Crippen LogP) is 2.48. The molecule has 1 aliphatic heterocycles. The average Bonchev–Trinajstić information content (AvgIpc) is 3.14. The van der Waals surface area contributed by atoms with Crippen LogP contribution in [0.3, 0.4) is 0 Å². The molecule has 2 unspecified atom stereocenters. The minimum absolute atomic E-state index is 0.0766. The van der Waals surface area contributed by atoms with Crippen LogP contribution in [-0.4, -0.2) is 41.7 Å². The number of hydrogen-bond acceptors (Lipinski definition) is 4. The van der Waals surface area contributed by atoms with Gasteiger partial charge in [-0.05, 0) is 39.8 Å². The Kier molecular flexibility index (Phi) is 4.04. The van der Waals surface area contributed by atoms with Gasteiger partial charge >= 0.3 is 5.97 Å². The van der Waals surface area contributed by atoms with Crippen LogP contribution < -0.4 is 4.74 Å². The molecule has 0 bridgehead atoms. The van der Waals surface area contributed by atoms with Gasteiger partial charge in [-0.2, -0.15) is 0 Å². The summed E-state index contributed by atoms with van der Waals surface area (Å²) in [6, 6.07) is 9.56. The molecule has 4 heteroatoms. The number of carbonyl (C=O) groups excluding carboxylic acids is 1. The Balaban J connectivity index is 2.08. The summed E-state index contributed by atoms with van der Waals surface area (Å²) in [7, 11) is 0. The van der Waals surface area contributed by atoms with Crippen molar-refractivity contribution in [2.45, 2.75) is 38.8 Å². The largest absolute Gasteiger partial charge is 0.491 e. The molecule has 4 nitrogen and oxygen atoms in total. The molecule has 0 saturated carbocycles. The van der Waals surface area contributed by atoms with E-state index in [1.807, 2.05) is 37.3 Å². The molecule has 0 N–H and O–H groups in total. The first-order valence-corrected chi connectivity index (χ1v) is 7.03. The zero-order valence-electron chi connectivity index (χ0n) is 12.7. The fourth-order valence-corrected chi connectivity index (χ4v) is 2.45. The van der Waals surface area contributed by atoms with Gasteiger partial charge in [0.15, 0.2) is 5.54 Å². The Morgan fingerprint density at radius 2 is 1.95 bits per heavy atom. The number of ether oxygens (including phenoxy) is 2. The van der Waals surface area contributed by atoms with Gasteiger partial charge in [0.05, 0.1) is 6.61 Å². The molecule has 1 aromatic carbocycles. The molecule has 0 radical (unpaired) electrons. The smallest absolute Gasteiger partial charge is 0.331 e. The summed E-state index contributed by atoms with van der Waals surface area (Å²) in [5.74, 6) is 0.586. The second kappa shape index (κ2) is 5.44. The van der Waals surface area contributed by atoms with Crippen molar-refractivity contribution in [3.63, 3.8) is 0 Å². The van der Waals surface area contributed by atoms with Crippen LogP contribution in [-0.2, 0) is 9.53 Å². The predicted molar refractivity (Wildman–Crippen MR) is 77.8 cm³/mol. The monoisotopic (exact) mass is 277 g/mol. The summed E-state index contributed by atoms with van der Waals surface area (Å²) >= 11 is 0. The molecular formula is C16H23NO3. The molecule has 20 heavy (non-hydrogen) atoms. The standard InChI is InChI=1S/C16H23NO3/c1-5-19-14(18)16(11-17(16)15(2,3)4)12-20-13-9-7-6-8-10-13/h6-10H,5,11-12H2,1-4H3. The van der Waals surface area contributed by atoms with Crippen molar-refractivity contribution in [1.29, 1.82) is 0 Å². The molecule has 1 aliphatic rings. The number of hydrogen-bond donors (Lipinski definition) is 0. The molecule has 2 atom stereocenters.